The molecular weight excluding hydrogens is 329 g/mol. The number of nitrogens with one attached hydrogen (secondary N) is 1. The summed E-state index contributed by atoms with van der Waals surface area (Å²) in [5.41, 5.74) is 0. The second-order valence-electron chi connectivity index (χ2n) is 6.03. The number of carbonyl (C=O) groups is 2. The average Bonchev–Trinajstić information content (AvgIpc) is 3.23. The zero-order chi connectivity index (χ0) is 17.8. The van der Waals surface area contributed by atoms with Crippen LogP contribution in [0, 0.1) is 11.7 Å². The number of halogens is 1. The molecule has 1 amide bonds. The first-order valence-electron chi connectivity index (χ1n) is 8.02. The molecule has 0 bridgehead atoms. The predicted octanol–water partition coefficient (Wildman–Crippen LogP) is 2.98. The molecule has 6 nitrogen and oxygen atoms in total. The molecule has 1 aromatic heterocycles. The predicted molar refractivity (Wildman–Crippen MR) is 85.7 cm³/mol. The molecule has 0 radical (unpaired) electrons. The summed E-state index contributed by atoms with van der Waals surface area (Å²) in [6, 6.07) is 8.62. The number of aliphatic carboxylic acids is 1. The van der Waals surface area contributed by atoms with Gasteiger partial charge in [-0.2, -0.15) is 0 Å². The van der Waals surface area contributed by atoms with E-state index in [1.165, 1.54) is 24.3 Å². The fourth-order valence-electron chi connectivity index (χ4n) is 2.86. The van der Waals surface area contributed by atoms with Gasteiger partial charge in [-0.25, -0.2) is 4.39 Å². The van der Waals surface area contributed by atoms with E-state index in [1.807, 2.05) is 0 Å². The van der Waals surface area contributed by atoms with Gasteiger partial charge >= 0.3 is 5.97 Å². The fourth-order valence-corrected chi connectivity index (χ4v) is 2.86. The molecule has 1 aliphatic rings. The minimum Gasteiger partial charge on any atom is -0.486 e. The Morgan fingerprint density at radius 1 is 1.20 bits per heavy atom. The van der Waals surface area contributed by atoms with Gasteiger partial charge in [0.15, 0.2) is 5.76 Å². The van der Waals surface area contributed by atoms with Gasteiger partial charge in [-0.3, -0.25) is 9.59 Å². The largest absolute Gasteiger partial charge is 0.486 e. The highest BCUT2D eigenvalue weighted by Gasteiger charge is 2.31. The van der Waals surface area contributed by atoms with Gasteiger partial charge < -0.3 is 19.6 Å². The van der Waals surface area contributed by atoms with E-state index in [1.54, 1.807) is 12.1 Å². The number of hydrogen-bond donors (Lipinski definition) is 2. The van der Waals surface area contributed by atoms with Crippen molar-refractivity contribution >= 4 is 11.9 Å². The van der Waals surface area contributed by atoms with Crippen LogP contribution in [0.1, 0.15) is 35.6 Å². The second kappa shape index (κ2) is 7.38. The van der Waals surface area contributed by atoms with Crippen molar-refractivity contribution in [2.45, 2.75) is 31.9 Å². The van der Waals surface area contributed by atoms with Crippen LogP contribution in [-0.2, 0) is 11.4 Å². The lowest BCUT2D eigenvalue weighted by molar-refractivity contribution is -0.141. The topological polar surface area (TPSA) is 88.8 Å². The summed E-state index contributed by atoms with van der Waals surface area (Å²) >= 11 is 0. The molecule has 1 aromatic carbocycles. The SMILES string of the molecule is O=C(N[C@@H]1CC[C@H](C(=O)O)C1)c1ccc(COc2ccc(F)cc2)o1. The van der Waals surface area contributed by atoms with Crippen molar-refractivity contribution < 1.29 is 28.2 Å². The van der Waals surface area contributed by atoms with Gasteiger partial charge in [0.2, 0.25) is 0 Å². The quantitative estimate of drug-likeness (QED) is 0.839. The summed E-state index contributed by atoms with van der Waals surface area (Å²) in [6.07, 6.45) is 1.64. The molecule has 3 rings (SSSR count). The number of carbonyl (C=O) groups excluding carboxylic acids is 1. The summed E-state index contributed by atoms with van der Waals surface area (Å²) in [5.74, 6) is -0.836. The first kappa shape index (κ1) is 17.0. The van der Waals surface area contributed by atoms with Gasteiger partial charge in [0.05, 0.1) is 5.92 Å². The van der Waals surface area contributed by atoms with Crippen LogP contribution in [0.25, 0.3) is 0 Å². The van der Waals surface area contributed by atoms with E-state index in [0.29, 0.717) is 30.8 Å². The molecule has 25 heavy (non-hydrogen) atoms. The molecule has 0 spiro atoms. The molecule has 2 N–H and O–H groups in total. The molecular formula is C18H18FNO5. The first-order chi connectivity index (χ1) is 12.0. The smallest absolute Gasteiger partial charge is 0.306 e. The van der Waals surface area contributed by atoms with E-state index in [4.69, 9.17) is 14.3 Å². The molecule has 1 fully saturated rings. The van der Waals surface area contributed by atoms with E-state index >= 15 is 0 Å². The van der Waals surface area contributed by atoms with E-state index in [0.717, 1.165) is 0 Å². The second-order valence-corrected chi connectivity index (χ2v) is 6.03. The molecule has 7 heteroatoms. The van der Waals surface area contributed by atoms with Gasteiger partial charge in [0.1, 0.15) is 23.9 Å². The standard InChI is InChI=1S/C18H18FNO5/c19-12-2-5-14(6-3-12)24-10-15-7-8-16(25-15)17(21)20-13-4-1-11(9-13)18(22)23/h2-3,5-8,11,13H,1,4,9-10H2,(H,20,21)(H,22,23)/t11-,13+/m0/s1. The third kappa shape index (κ3) is 4.37. The highest BCUT2D eigenvalue weighted by Crippen LogP contribution is 2.26. The average molecular weight is 347 g/mol. The fraction of sp³-hybridized carbons (Fsp3) is 0.333. The number of furan rings is 1. The maximum Gasteiger partial charge on any atom is 0.306 e. The van der Waals surface area contributed by atoms with Crippen molar-refractivity contribution in [3.63, 3.8) is 0 Å². The Labute approximate surface area is 143 Å². The molecule has 2 atom stereocenters. The number of rotatable bonds is 6. The third-order valence-corrected chi connectivity index (χ3v) is 4.20. The Hall–Kier alpha value is -2.83. The number of carboxylic acids is 1. The minimum absolute atomic E-state index is 0.115. The van der Waals surface area contributed by atoms with E-state index in [2.05, 4.69) is 5.32 Å². The van der Waals surface area contributed by atoms with Crippen LogP contribution < -0.4 is 10.1 Å². The Kier molecular flexibility index (Phi) is 5.02. The number of ether oxygens (including phenoxy) is 1. The van der Waals surface area contributed by atoms with Gasteiger partial charge in [0, 0.05) is 6.04 Å². The van der Waals surface area contributed by atoms with E-state index in [9.17, 15) is 14.0 Å². The van der Waals surface area contributed by atoms with Crippen LogP contribution in [0.3, 0.4) is 0 Å². The lowest BCUT2D eigenvalue weighted by Gasteiger charge is -2.11. The first-order valence-corrected chi connectivity index (χ1v) is 8.02. The summed E-state index contributed by atoms with van der Waals surface area (Å²) in [6.45, 7) is 0.115. The normalized spacial score (nSPS) is 19.6. The maximum atomic E-state index is 12.8. The Bertz CT molecular complexity index is 755. The van der Waals surface area contributed by atoms with Crippen LogP contribution in [0.4, 0.5) is 4.39 Å². The van der Waals surface area contributed by atoms with Crippen molar-refractivity contribution in [3.8, 4) is 5.75 Å². The van der Waals surface area contributed by atoms with Crippen LogP contribution in [-0.4, -0.2) is 23.0 Å². The number of amides is 1. The van der Waals surface area contributed by atoms with E-state index < -0.39 is 11.9 Å². The van der Waals surface area contributed by atoms with Gasteiger partial charge in [-0.1, -0.05) is 0 Å². The highest BCUT2D eigenvalue weighted by atomic mass is 19.1. The number of carboxylic acid groups (broad SMARTS) is 1. The highest BCUT2D eigenvalue weighted by molar-refractivity contribution is 5.91. The zero-order valence-electron chi connectivity index (χ0n) is 13.4. The lowest BCUT2D eigenvalue weighted by Crippen LogP contribution is -2.33. The molecule has 1 heterocycles. The number of benzene rings is 1. The van der Waals surface area contributed by atoms with Crippen molar-refractivity contribution in [1.29, 1.82) is 0 Å². The molecule has 132 valence electrons. The monoisotopic (exact) mass is 347 g/mol. The van der Waals surface area contributed by atoms with Crippen LogP contribution in [0.5, 0.6) is 5.75 Å². The Morgan fingerprint density at radius 3 is 2.64 bits per heavy atom. The van der Waals surface area contributed by atoms with E-state index in [-0.39, 0.29) is 30.1 Å². The van der Waals surface area contributed by atoms with Crippen molar-refractivity contribution in [1.82, 2.24) is 5.32 Å². The third-order valence-electron chi connectivity index (χ3n) is 4.20. The van der Waals surface area contributed by atoms with Crippen molar-refractivity contribution in [2.24, 2.45) is 5.92 Å². The van der Waals surface area contributed by atoms with Crippen LogP contribution >= 0.6 is 0 Å². The van der Waals surface area contributed by atoms with Crippen molar-refractivity contribution in [2.75, 3.05) is 0 Å². The molecule has 0 saturated heterocycles. The lowest BCUT2D eigenvalue weighted by atomic mass is 10.1. The Balaban J connectivity index is 1.51. The molecule has 0 unspecified atom stereocenters. The van der Waals surface area contributed by atoms with Gasteiger partial charge in [-0.05, 0) is 55.7 Å². The summed E-state index contributed by atoms with van der Waals surface area (Å²) < 4.78 is 23.7. The minimum atomic E-state index is -0.824. The summed E-state index contributed by atoms with van der Waals surface area (Å²) in [7, 11) is 0. The summed E-state index contributed by atoms with van der Waals surface area (Å²) in [4.78, 5) is 23.1. The van der Waals surface area contributed by atoms with Crippen LogP contribution in [0.2, 0.25) is 0 Å². The Morgan fingerprint density at radius 2 is 1.96 bits per heavy atom. The van der Waals surface area contributed by atoms with Gasteiger partial charge in [0.25, 0.3) is 5.91 Å². The molecule has 0 aliphatic heterocycles. The summed E-state index contributed by atoms with van der Waals surface area (Å²) in [5, 5.41) is 11.8. The maximum absolute atomic E-state index is 12.8. The molecule has 1 aliphatic carbocycles. The van der Waals surface area contributed by atoms with Crippen LogP contribution in [0.15, 0.2) is 40.8 Å². The van der Waals surface area contributed by atoms with Crippen molar-refractivity contribution in [3.05, 3.63) is 53.7 Å². The number of hydrogen-bond acceptors (Lipinski definition) is 4. The molecule has 1 saturated carbocycles. The molecule has 2 aromatic rings. The zero-order valence-corrected chi connectivity index (χ0v) is 13.4. The van der Waals surface area contributed by atoms with Gasteiger partial charge in [-0.15, -0.1) is 0 Å².